The van der Waals surface area contributed by atoms with Crippen LogP contribution < -0.4 is 0 Å². The van der Waals surface area contributed by atoms with Gasteiger partial charge in [-0.1, -0.05) is 29.3 Å². The van der Waals surface area contributed by atoms with Gasteiger partial charge in [-0.25, -0.2) is 0 Å². The van der Waals surface area contributed by atoms with Crippen molar-refractivity contribution in [1.82, 2.24) is 4.90 Å². The third-order valence-corrected chi connectivity index (χ3v) is 3.76. The van der Waals surface area contributed by atoms with Crippen molar-refractivity contribution in [3.63, 3.8) is 0 Å². The lowest BCUT2D eigenvalue weighted by Crippen LogP contribution is -2.38. The zero-order valence-corrected chi connectivity index (χ0v) is 10.8. The molecule has 1 atom stereocenters. The molecule has 1 aliphatic heterocycles. The van der Waals surface area contributed by atoms with Crippen LogP contribution in [0.15, 0.2) is 18.2 Å². The van der Waals surface area contributed by atoms with Crippen LogP contribution in [0.5, 0.6) is 0 Å². The van der Waals surface area contributed by atoms with Crippen LogP contribution in [0.25, 0.3) is 0 Å². The fourth-order valence-electron chi connectivity index (χ4n) is 1.95. The molecule has 0 aliphatic carbocycles. The van der Waals surface area contributed by atoms with E-state index in [4.69, 9.17) is 27.9 Å². The third kappa shape index (κ3) is 2.69. The molecule has 0 bridgehead atoms. The van der Waals surface area contributed by atoms with E-state index in [-0.39, 0.29) is 0 Å². The first-order chi connectivity index (χ1) is 7.68. The summed E-state index contributed by atoms with van der Waals surface area (Å²) in [6.07, 6.45) is 0. The van der Waals surface area contributed by atoms with Gasteiger partial charge in [-0.2, -0.15) is 0 Å². The Kier molecular flexibility index (Phi) is 4.09. The number of hydrogen-bond donors (Lipinski definition) is 0. The first-order valence-electron chi connectivity index (χ1n) is 5.45. The van der Waals surface area contributed by atoms with Gasteiger partial charge in [0.2, 0.25) is 0 Å². The zero-order chi connectivity index (χ0) is 11.5. The van der Waals surface area contributed by atoms with Gasteiger partial charge in [0.1, 0.15) is 0 Å². The van der Waals surface area contributed by atoms with Gasteiger partial charge in [-0.3, -0.25) is 4.90 Å². The second-order valence-electron chi connectivity index (χ2n) is 4.00. The molecule has 0 saturated carbocycles. The van der Waals surface area contributed by atoms with Crippen molar-refractivity contribution in [2.24, 2.45) is 0 Å². The smallest absolute Gasteiger partial charge is 0.0595 e. The molecule has 4 heteroatoms. The van der Waals surface area contributed by atoms with Crippen LogP contribution in [0.1, 0.15) is 18.5 Å². The SMILES string of the molecule is CC(c1ccc(Cl)c(Cl)c1)N1CCOCC1. The maximum Gasteiger partial charge on any atom is 0.0595 e. The maximum atomic E-state index is 6.02. The molecule has 1 saturated heterocycles. The Morgan fingerprint density at radius 1 is 1.19 bits per heavy atom. The van der Waals surface area contributed by atoms with Crippen LogP contribution in [0, 0.1) is 0 Å². The Morgan fingerprint density at radius 3 is 2.50 bits per heavy atom. The standard InChI is InChI=1S/C12H15Cl2NO/c1-9(15-4-6-16-7-5-15)10-2-3-11(13)12(14)8-10/h2-3,8-9H,4-7H2,1H3. The van der Waals surface area contributed by atoms with Crippen molar-refractivity contribution in [2.75, 3.05) is 26.3 Å². The molecule has 2 nitrogen and oxygen atoms in total. The number of morpholine rings is 1. The quantitative estimate of drug-likeness (QED) is 0.808. The fraction of sp³-hybridized carbons (Fsp3) is 0.500. The number of hydrogen-bond acceptors (Lipinski definition) is 2. The van der Waals surface area contributed by atoms with Gasteiger partial charge < -0.3 is 4.74 Å². The van der Waals surface area contributed by atoms with E-state index in [9.17, 15) is 0 Å². The monoisotopic (exact) mass is 259 g/mol. The molecule has 1 fully saturated rings. The molecular formula is C12H15Cl2NO. The number of nitrogens with zero attached hydrogens (tertiary/aromatic N) is 1. The highest BCUT2D eigenvalue weighted by Gasteiger charge is 2.18. The number of ether oxygens (including phenoxy) is 1. The van der Waals surface area contributed by atoms with E-state index < -0.39 is 0 Å². The van der Waals surface area contributed by atoms with Crippen LogP contribution in [0.2, 0.25) is 10.0 Å². The minimum atomic E-state index is 0.360. The minimum absolute atomic E-state index is 0.360. The molecule has 1 aromatic carbocycles. The van der Waals surface area contributed by atoms with Crippen molar-refractivity contribution < 1.29 is 4.74 Å². The van der Waals surface area contributed by atoms with Crippen LogP contribution in [0.4, 0.5) is 0 Å². The van der Waals surface area contributed by atoms with Crippen molar-refractivity contribution >= 4 is 23.2 Å². The number of halogens is 2. The topological polar surface area (TPSA) is 12.5 Å². The summed E-state index contributed by atoms with van der Waals surface area (Å²) in [6, 6.07) is 6.20. The van der Waals surface area contributed by atoms with E-state index in [0.717, 1.165) is 26.3 Å². The van der Waals surface area contributed by atoms with E-state index in [0.29, 0.717) is 16.1 Å². The van der Waals surface area contributed by atoms with Gasteiger partial charge in [-0.05, 0) is 24.6 Å². The molecule has 0 aromatic heterocycles. The Bertz CT molecular complexity index is 364. The summed E-state index contributed by atoms with van der Waals surface area (Å²) in [7, 11) is 0. The van der Waals surface area contributed by atoms with Crippen LogP contribution in [-0.2, 0) is 4.74 Å². The summed E-state index contributed by atoms with van der Waals surface area (Å²) < 4.78 is 5.34. The molecule has 1 aromatic rings. The summed E-state index contributed by atoms with van der Waals surface area (Å²) in [5.41, 5.74) is 1.20. The minimum Gasteiger partial charge on any atom is -0.379 e. The van der Waals surface area contributed by atoms with Crippen molar-refractivity contribution in [3.8, 4) is 0 Å². The summed E-state index contributed by atoms with van der Waals surface area (Å²) in [5.74, 6) is 0. The molecular weight excluding hydrogens is 245 g/mol. The van der Waals surface area contributed by atoms with Crippen molar-refractivity contribution in [2.45, 2.75) is 13.0 Å². The highest BCUT2D eigenvalue weighted by molar-refractivity contribution is 6.42. The molecule has 88 valence electrons. The second-order valence-corrected chi connectivity index (χ2v) is 4.81. The van der Waals surface area contributed by atoms with Crippen molar-refractivity contribution in [1.29, 1.82) is 0 Å². The van der Waals surface area contributed by atoms with Gasteiger partial charge in [0, 0.05) is 19.1 Å². The zero-order valence-electron chi connectivity index (χ0n) is 9.25. The molecule has 0 N–H and O–H groups in total. The van der Waals surface area contributed by atoms with Crippen LogP contribution in [0.3, 0.4) is 0 Å². The predicted molar refractivity (Wildman–Crippen MR) is 67.3 cm³/mol. The molecule has 0 amide bonds. The average Bonchev–Trinajstić information content (AvgIpc) is 2.33. The fourth-order valence-corrected chi connectivity index (χ4v) is 2.25. The van der Waals surface area contributed by atoms with E-state index in [2.05, 4.69) is 11.8 Å². The molecule has 1 heterocycles. The summed E-state index contributed by atoms with van der Waals surface area (Å²) >= 11 is 11.9. The summed E-state index contributed by atoms with van der Waals surface area (Å²) in [6.45, 7) is 5.75. The first kappa shape index (κ1) is 12.2. The highest BCUT2D eigenvalue weighted by Crippen LogP contribution is 2.28. The normalized spacial score (nSPS) is 19.7. The Labute approximate surface area is 106 Å². The lowest BCUT2D eigenvalue weighted by molar-refractivity contribution is 0.0198. The van der Waals surface area contributed by atoms with Gasteiger partial charge in [-0.15, -0.1) is 0 Å². The Hall–Kier alpha value is -0.280. The lowest BCUT2D eigenvalue weighted by atomic mass is 10.1. The average molecular weight is 260 g/mol. The first-order valence-corrected chi connectivity index (χ1v) is 6.21. The maximum absolute atomic E-state index is 6.02. The van der Waals surface area contributed by atoms with Crippen molar-refractivity contribution in [3.05, 3.63) is 33.8 Å². The molecule has 0 spiro atoms. The van der Waals surface area contributed by atoms with Crippen LogP contribution >= 0.6 is 23.2 Å². The molecule has 0 radical (unpaired) electrons. The van der Waals surface area contributed by atoms with Gasteiger partial charge in [0.15, 0.2) is 0 Å². The Morgan fingerprint density at radius 2 is 1.88 bits per heavy atom. The molecule has 2 rings (SSSR count). The number of benzene rings is 1. The lowest BCUT2D eigenvalue weighted by Gasteiger charge is -2.32. The second kappa shape index (κ2) is 5.37. The summed E-state index contributed by atoms with van der Waals surface area (Å²) in [4.78, 5) is 2.39. The van der Waals surface area contributed by atoms with E-state index in [1.165, 1.54) is 5.56 Å². The highest BCUT2D eigenvalue weighted by atomic mass is 35.5. The Balaban J connectivity index is 2.12. The van der Waals surface area contributed by atoms with Gasteiger partial charge >= 0.3 is 0 Å². The predicted octanol–water partition coefficient (Wildman–Crippen LogP) is 3.39. The van der Waals surface area contributed by atoms with E-state index >= 15 is 0 Å². The molecule has 1 aliphatic rings. The van der Waals surface area contributed by atoms with Gasteiger partial charge in [0.25, 0.3) is 0 Å². The largest absolute Gasteiger partial charge is 0.379 e. The van der Waals surface area contributed by atoms with Crippen LogP contribution in [-0.4, -0.2) is 31.2 Å². The molecule has 16 heavy (non-hydrogen) atoms. The third-order valence-electron chi connectivity index (χ3n) is 3.02. The van der Waals surface area contributed by atoms with E-state index in [1.807, 2.05) is 18.2 Å². The summed E-state index contributed by atoms with van der Waals surface area (Å²) in [5, 5.41) is 1.24. The number of rotatable bonds is 2. The van der Waals surface area contributed by atoms with E-state index in [1.54, 1.807) is 0 Å². The van der Waals surface area contributed by atoms with Gasteiger partial charge in [0.05, 0.1) is 23.3 Å². The molecule has 1 unspecified atom stereocenters.